The molecule has 4 nitrogen and oxygen atoms in total. The van der Waals surface area contributed by atoms with Gasteiger partial charge in [0.25, 0.3) is 5.91 Å². The van der Waals surface area contributed by atoms with Crippen molar-refractivity contribution in [2.45, 2.75) is 13.0 Å². The van der Waals surface area contributed by atoms with E-state index in [4.69, 9.17) is 10.5 Å². The summed E-state index contributed by atoms with van der Waals surface area (Å²) in [5.74, 6) is 4.52. The normalized spacial score (nSPS) is 18.4. The summed E-state index contributed by atoms with van der Waals surface area (Å²) in [6.45, 7) is 3.54. The molecule has 1 unspecified atom stereocenters. The smallest absolute Gasteiger partial charge is 0.257 e. The highest BCUT2D eigenvalue weighted by Crippen LogP contribution is 2.16. The van der Waals surface area contributed by atoms with E-state index in [0.717, 1.165) is 0 Å². The lowest BCUT2D eigenvalue weighted by Gasteiger charge is -2.33. The van der Waals surface area contributed by atoms with E-state index in [-0.39, 0.29) is 24.1 Å². The Bertz CT molecular complexity index is 563. The van der Waals surface area contributed by atoms with Crippen LogP contribution in [-0.4, -0.2) is 43.2 Å². The third-order valence-corrected chi connectivity index (χ3v) is 3.16. The second-order valence-electron chi connectivity index (χ2n) is 4.62. The highest BCUT2D eigenvalue weighted by atomic mass is 19.1. The average molecular weight is 276 g/mol. The molecule has 1 saturated heterocycles. The fourth-order valence-corrected chi connectivity index (χ4v) is 2.10. The van der Waals surface area contributed by atoms with Gasteiger partial charge in [-0.05, 0) is 25.1 Å². The highest BCUT2D eigenvalue weighted by Gasteiger charge is 2.26. The lowest BCUT2D eigenvalue weighted by atomic mass is 10.1. The number of benzene rings is 1. The standard InChI is InChI=1S/C15H17FN2O2/c1-11-10-20-8-7-18(11)15(19)13-5-4-12(3-2-6-17)9-14(13)16/h4-5,9,11H,6-8,10,17H2,1H3. The van der Waals surface area contributed by atoms with Crippen molar-refractivity contribution in [3.8, 4) is 11.8 Å². The Kier molecular flexibility index (Phi) is 4.72. The van der Waals surface area contributed by atoms with Crippen molar-refractivity contribution in [3.63, 3.8) is 0 Å². The van der Waals surface area contributed by atoms with Crippen LogP contribution in [0.15, 0.2) is 18.2 Å². The topological polar surface area (TPSA) is 55.6 Å². The summed E-state index contributed by atoms with van der Waals surface area (Å²) in [6.07, 6.45) is 0. The van der Waals surface area contributed by atoms with E-state index in [1.54, 1.807) is 11.0 Å². The number of ether oxygens (including phenoxy) is 1. The van der Waals surface area contributed by atoms with E-state index in [9.17, 15) is 9.18 Å². The molecule has 20 heavy (non-hydrogen) atoms. The third kappa shape index (κ3) is 3.16. The average Bonchev–Trinajstić information content (AvgIpc) is 2.45. The molecule has 1 aliphatic rings. The Balaban J connectivity index is 2.22. The first-order valence-electron chi connectivity index (χ1n) is 6.50. The van der Waals surface area contributed by atoms with Crippen molar-refractivity contribution >= 4 is 5.91 Å². The molecule has 0 saturated carbocycles. The van der Waals surface area contributed by atoms with Gasteiger partial charge in [-0.3, -0.25) is 4.79 Å². The number of nitrogens with zero attached hydrogens (tertiary/aromatic N) is 1. The number of hydrogen-bond acceptors (Lipinski definition) is 3. The zero-order valence-corrected chi connectivity index (χ0v) is 11.4. The van der Waals surface area contributed by atoms with Crippen LogP contribution < -0.4 is 5.73 Å². The van der Waals surface area contributed by atoms with Crippen molar-refractivity contribution in [3.05, 3.63) is 35.1 Å². The van der Waals surface area contributed by atoms with Crippen LogP contribution in [0.25, 0.3) is 0 Å². The van der Waals surface area contributed by atoms with Gasteiger partial charge in [0, 0.05) is 12.1 Å². The van der Waals surface area contributed by atoms with Gasteiger partial charge >= 0.3 is 0 Å². The van der Waals surface area contributed by atoms with Gasteiger partial charge in [0.1, 0.15) is 5.82 Å². The van der Waals surface area contributed by atoms with Crippen LogP contribution in [0, 0.1) is 17.7 Å². The van der Waals surface area contributed by atoms with Crippen LogP contribution in [0.3, 0.4) is 0 Å². The first kappa shape index (κ1) is 14.5. The van der Waals surface area contributed by atoms with Crippen molar-refractivity contribution in [1.82, 2.24) is 4.90 Å². The van der Waals surface area contributed by atoms with Gasteiger partial charge in [-0.2, -0.15) is 0 Å². The quantitative estimate of drug-likeness (QED) is 0.778. The first-order valence-corrected chi connectivity index (χ1v) is 6.50. The third-order valence-electron chi connectivity index (χ3n) is 3.16. The molecule has 0 spiro atoms. The van der Waals surface area contributed by atoms with Gasteiger partial charge in [-0.15, -0.1) is 0 Å². The molecule has 1 fully saturated rings. The molecule has 0 aromatic heterocycles. The van der Waals surface area contributed by atoms with E-state index in [1.807, 2.05) is 6.92 Å². The molecule has 0 aliphatic carbocycles. The van der Waals surface area contributed by atoms with Gasteiger partial charge in [0.05, 0.1) is 31.4 Å². The summed E-state index contributed by atoms with van der Waals surface area (Å²) >= 11 is 0. The SMILES string of the molecule is CC1COCCN1C(=O)c1ccc(C#CCN)cc1F. The molecule has 5 heteroatoms. The monoisotopic (exact) mass is 276 g/mol. The van der Waals surface area contributed by atoms with Gasteiger partial charge in [0.15, 0.2) is 0 Å². The van der Waals surface area contributed by atoms with Crippen LogP contribution in [0.2, 0.25) is 0 Å². The molecule has 0 bridgehead atoms. The highest BCUT2D eigenvalue weighted by molar-refractivity contribution is 5.94. The lowest BCUT2D eigenvalue weighted by Crippen LogP contribution is -2.47. The fourth-order valence-electron chi connectivity index (χ4n) is 2.10. The van der Waals surface area contributed by atoms with Gasteiger partial charge in [-0.1, -0.05) is 11.8 Å². The number of carbonyl (C=O) groups is 1. The Morgan fingerprint density at radius 1 is 1.60 bits per heavy atom. The van der Waals surface area contributed by atoms with Crippen LogP contribution in [-0.2, 0) is 4.74 Å². The summed E-state index contributed by atoms with van der Waals surface area (Å²) in [5, 5.41) is 0. The maximum atomic E-state index is 14.0. The molecular weight excluding hydrogens is 259 g/mol. The summed E-state index contributed by atoms with van der Waals surface area (Å²) in [6, 6.07) is 4.32. The second kappa shape index (κ2) is 6.51. The molecule has 106 valence electrons. The predicted molar refractivity (Wildman–Crippen MR) is 73.6 cm³/mol. The van der Waals surface area contributed by atoms with E-state index in [0.29, 0.717) is 25.3 Å². The number of rotatable bonds is 1. The summed E-state index contributed by atoms with van der Waals surface area (Å²) in [4.78, 5) is 14.0. The van der Waals surface area contributed by atoms with Crippen LogP contribution in [0.5, 0.6) is 0 Å². The number of nitrogens with two attached hydrogens (primary N) is 1. The summed E-state index contributed by atoms with van der Waals surface area (Å²) in [7, 11) is 0. The van der Waals surface area contributed by atoms with Crippen LogP contribution in [0.1, 0.15) is 22.8 Å². The Hall–Kier alpha value is -1.90. The summed E-state index contributed by atoms with van der Waals surface area (Å²) < 4.78 is 19.3. The van der Waals surface area contributed by atoms with Crippen molar-refractivity contribution in [2.24, 2.45) is 5.73 Å². The number of amides is 1. The van der Waals surface area contributed by atoms with Crippen molar-refractivity contribution in [2.75, 3.05) is 26.3 Å². The zero-order valence-electron chi connectivity index (χ0n) is 11.4. The molecule has 1 heterocycles. The largest absolute Gasteiger partial charge is 0.377 e. The second-order valence-corrected chi connectivity index (χ2v) is 4.62. The number of carbonyl (C=O) groups excluding carboxylic acids is 1. The molecular formula is C15H17FN2O2. The lowest BCUT2D eigenvalue weighted by molar-refractivity contribution is 0.00335. The van der Waals surface area contributed by atoms with Crippen LogP contribution >= 0.6 is 0 Å². The molecule has 2 N–H and O–H groups in total. The maximum Gasteiger partial charge on any atom is 0.257 e. The molecule has 1 amide bonds. The first-order chi connectivity index (χ1) is 9.63. The summed E-state index contributed by atoms with van der Waals surface area (Å²) in [5.41, 5.74) is 5.85. The van der Waals surface area contributed by atoms with Crippen molar-refractivity contribution in [1.29, 1.82) is 0 Å². The number of halogens is 1. The predicted octanol–water partition coefficient (Wildman–Crippen LogP) is 0.997. The number of hydrogen-bond donors (Lipinski definition) is 1. The molecule has 1 aromatic rings. The van der Waals surface area contributed by atoms with Gasteiger partial charge in [-0.25, -0.2) is 4.39 Å². The zero-order chi connectivity index (χ0) is 14.5. The van der Waals surface area contributed by atoms with Crippen LogP contribution in [0.4, 0.5) is 4.39 Å². The molecule has 1 aromatic carbocycles. The molecule has 1 aliphatic heterocycles. The molecule has 2 rings (SSSR count). The Labute approximate surface area is 117 Å². The van der Waals surface area contributed by atoms with E-state index in [1.165, 1.54) is 12.1 Å². The molecule has 1 atom stereocenters. The van der Waals surface area contributed by atoms with Gasteiger partial charge in [0.2, 0.25) is 0 Å². The van der Waals surface area contributed by atoms with Gasteiger partial charge < -0.3 is 15.4 Å². The maximum absolute atomic E-state index is 14.0. The van der Waals surface area contributed by atoms with E-state index >= 15 is 0 Å². The minimum atomic E-state index is -0.558. The number of morpholine rings is 1. The Morgan fingerprint density at radius 2 is 2.40 bits per heavy atom. The minimum Gasteiger partial charge on any atom is -0.377 e. The molecule has 0 radical (unpaired) electrons. The van der Waals surface area contributed by atoms with E-state index < -0.39 is 5.82 Å². The van der Waals surface area contributed by atoms with Crippen molar-refractivity contribution < 1.29 is 13.9 Å². The minimum absolute atomic E-state index is 0.0487. The van der Waals surface area contributed by atoms with E-state index in [2.05, 4.69) is 11.8 Å². The Morgan fingerprint density at radius 3 is 3.05 bits per heavy atom. The fraction of sp³-hybridized carbons (Fsp3) is 0.400.